The number of carbonyl (C=O) groups excluding carboxylic acids is 1. The van der Waals surface area contributed by atoms with Gasteiger partial charge in [0.25, 0.3) is 5.91 Å². The first-order valence-corrected chi connectivity index (χ1v) is 7.61. The molecular weight excluding hydrogens is 266 g/mol. The number of nitrogens with zero attached hydrogens (tertiary/aromatic N) is 1. The molecule has 1 fully saturated rings. The Balaban J connectivity index is 1.51. The summed E-state index contributed by atoms with van der Waals surface area (Å²) in [5.41, 5.74) is 1.93. The van der Waals surface area contributed by atoms with Crippen LogP contribution in [0, 0.1) is 0 Å². The zero-order valence-electron chi connectivity index (χ0n) is 12.7. The van der Waals surface area contributed by atoms with Crippen molar-refractivity contribution in [2.45, 2.75) is 38.4 Å². The van der Waals surface area contributed by atoms with Gasteiger partial charge in [0.2, 0.25) is 0 Å². The van der Waals surface area contributed by atoms with Gasteiger partial charge < -0.3 is 15.4 Å². The molecule has 0 saturated heterocycles. The number of hydrogen-bond acceptors (Lipinski definition) is 4. The van der Waals surface area contributed by atoms with Gasteiger partial charge in [-0.3, -0.25) is 9.69 Å². The summed E-state index contributed by atoms with van der Waals surface area (Å²) in [5.74, 6) is 0.660. The summed E-state index contributed by atoms with van der Waals surface area (Å²) in [6.07, 6.45) is 2.68. The van der Waals surface area contributed by atoms with E-state index in [0.717, 1.165) is 36.1 Å². The lowest BCUT2D eigenvalue weighted by Gasteiger charge is -2.25. The predicted octanol–water partition coefficient (Wildman–Crippen LogP) is 1.59. The van der Waals surface area contributed by atoms with Gasteiger partial charge in [-0.2, -0.15) is 0 Å². The van der Waals surface area contributed by atoms with Gasteiger partial charge in [-0.1, -0.05) is 6.07 Å². The summed E-state index contributed by atoms with van der Waals surface area (Å²) >= 11 is 0. The molecule has 1 saturated carbocycles. The van der Waals surface area contributed by atoms with E-state index in [1.54, 1.807) is 0 Å². The molecule has 0 aromatic heterocycles. The molecule has 1 aliphatic heterocycles. The maximum absolute atomic E-state index is 11.3. The third-order valence-corrected chi connectivity index (χ3v) is 4.26. The Morgan fingerprint density at radius 1 is 1.48 bits per heavy atom. The van der Waals surface area contributed by atoms with Crippen molar-refractivity contribution >= 4 is 11.6 Å². The van der Waals surface area contributed by atoms with Crippen LogP contribution < -0.4 is 15.4 Å². The number of amides is 1. The minimum Gasteiger partial charge on any atom is -0.482 e. The molecule has 0 radical (unpaired) electrons. The molecule has 1 aliphatic carbocycles. The van der Waals surface area contributed by atoms with Gasteiger partial charge in [0.05, 0.1) is 5.69 Å². The Morgan fingerprint density at radius 2 is 2.29 bits per heavy atom. The van der Waals surface area contributed by atoms with Crippen molar-refractivity contribution in [3.63, 3.8) is 0 Å². The Kier molecular flexibility index (Phi) is 4.12. The topological polar surface area (TPSA) is 53.6 Å². The summed E-state index contributed by atoms with van der Waals surface area (Å²) in [5, 5.41) is 6.33. The van der Waals surface area contributed by atoms with Crippen LogP contribution in [0.2, 0.25) is 0 Å². The van der Waals surface area contributed by atoms with E-state index in [9.17, 15) is 4.79 Å². The molecule has 1 heterocycles. The summed E-state index contributed by atoms with van der Waals surface area (Å²) in [6, 6.07) is 7.27. The molecule has 114 valence electrons. The zero-order chi connectivity index (χ0) is 14.8. The fourth-order valence-electron chi connectivity index (χ4n) is 2.65. The first kappa shape index (κ1) is 14.4. The van der Waals surface area contributed by atoms with Crippen molar-refractivity contribution in [1.29, 1.82) is 0 Å². The van der Waals surface area contributed by atoms with Crippen molar-refractivity contribution in [3.05, 3.63) is 23.8 Å². The SMILES string of the molecule is CC(CNCc1ccc2c(c1)NC(=O)CO2)N(C)C1CC1. The van der Waals surface area contributed by atoms with Crippen LogP contribution in [0.4, 0.5) is 5.69 Å². The molecule has 5 heteroatoms. The monoisotopic (exact) mass is 289 g/mol. The maximum atomic E-state index is 11.3. The Bertz CT molecular complexity index is 528. The van der Waals surface area contributed by atoms with Crippen molar-refractivity contribution in [1.82, 2.24) is 10.2 Å². The van der Waals surface area contributed by atoms with E-state index < -0.39 is 0 Å². The number of benzene rings is 1. The molecule has 1 aromatic rings. The van der Waals surface area contributed by atoms with Gasteiger partial charge in [-0.25, -0.2) is 0 Å². The van der Waals surface area contributed by atoms with E-state index in [4.69, 9.17) is 4.74 Å². The number of fused-ring (bicyclic) bond motifs is 1. The van der Waals surface area contributed by atoms with E-state index in [2.05, 4.69) is 29.5 Å². The van der Waals surface area contributed by atoms with E-state index in [-0.39, 0.29) is 12.5 Å². The van der Waals surface area contributed by atoms with Crippen LogP contribution in [0.1, 0.15) is 25.3 Å². The number of rotatable bonds is 6. The van der Waals surface area contributed by atoms with Gasteiger partial charge in [0.1, 0.15) is 5.75 Å². The third kappa shape index (κ3) is 3.54. The highest BCUT2D eigenvalue weighted by Gasteiger charge is 2.28. The van der Waals surface area contributed by atoms with E-state index >= 15 is 0 Å². The molecule has 1 atom stereocenters. The Hall–Kier alpha value is -1.59. The second-order valence-corrected chi connectivity index (χ2v) is 6.04. The largest absolute Gasteiger partial charge is 0.482 e. The predicted molar refractivity (Wildman–Crippen MR) is 82.5 cm³/mol. The average molecular weight is 289 g/mol. The summed E-state index contributed by atoms with van der Waals surface area (Å²) < 4.78 is 5.36. The first-order valence-electron chi connectivity index (χ1n) is 7.61. The molecule has 3 rings (SSSR count). The summed E-state index contributed by atoms with van der Waals surface area (Å²) in [4.78, 5) is 13.8. The molecule has 5 nitrogen and oxygen atoms in total. The van der Waals surface area contributed by atoms with Crippen molar-refractivity contribution in [3.8, 4) is 5.75 Å². The first-order chi connectivity index (χ1) is 10.1. The van der Waals surface area contributed by atoms with E-state index in [1.165, 1.54) is 12.8 Å². The van der Waals surface area contributed by atoms with Gasteiger partial charge in [-0.05, 0) is 44.5 Å². The smallest absolute Gasteiger partial charge is 0.262 e. The van der Waals surface area contributed by atoms with Crippen LogP contribution in [-0.2, 0) is 11.3 Å². The van der Waals surface area contributed by atoms with Crippen LogP contribution in [0.3, 0.4) is 0 Å². The molecule has 21 heavy (non-hydrogen) atoms. The highest BCUT2D eigenvalue weighted by Crippen LogP contribution is 2.28. The van der Waals surface area contributed by atoms with Crippen LogP contribution in [-0.4, -0.2) is 43.1 Å². The van der Waals surface area contributed by atoms with Gasteiger partial charge in [-0.15, -0.1) is 0 Å². The quantitative estimate of drug-likeness (QED) is 0.835. The number of nitrogens with one attached hydrogen (secondary N) is 2. The summed E-state index contributed by atoms with van der Waals surface area (Å²) in [7, 11) is 2.20. The maximum Gasteiger partial charge on any atom is 0.262 e. The van der Waals surface area contributed by atoms with Gasteiger partial charge in [0.15, 0.2) is 6.61 Å². The van der Waals surface area contributed by atoms with Crippen LogP contribution >= 0.6 is 0 Å². The molecule has 1 aromatic carbocycles. The number of likely N-dealkylation sites (N-methyl/N-ethyl adjacent to an activating group) is 1. The van der Waals surface area contributed by atoms with Gasteiger partial charge >= 0.3 is 0 Å². The van der Waals surface area contributed by atoms with Crippen molar-refractivity contribution in [2.24, 2.45) is 0 Å². The van der Waals surface area contributed by atoms with Crippen LogP contribution in [0.5, 0.6) is 5.75 Å². The van der Waals surface area contributed by atoms with Crippen LogP contribution in [0.15, 0.2) is 18.2 Å². The van der Waals surface area contributed by atoms with Gasteiger partial charge in [0, 0.05) is 25.2 Å². The minimum atomic E-state index is -0.0905. The van der Waals surface area contributed by atoms with Crippen molar-refractivity contribution in [2.75, 3.05) is 25.5 Å². The third-order valence-electron chi connectivity index (χ3n) is 4.26. The molecular formula is C16H23N3O2. The fourth-order valence-corrected chi connectivity index (χ4v) is 2.65. The zero-order valence-corrected chi connectivity index (χ0v) is 12.7. The Morgan fingerprint density at radius 3 is 3.05 bits per heavy atom. The highest BCUT2D eigenvalue weighted by molar-refractivity contribution is 5.95. The Labute approximate surface area is 125 Å². The highest BCUT2D eigenvalue weighted by atomic mass is 16.5. The lowest BCUT2D eigenvalue weighted by Crippen LogP contribution is -2.38. The van der Waals surface area contributed by atoms with Crippen molar-refractivity contribution < 1.29 is 9.53 Å². The molecule has 1 unspecified atom stereocenters. The lowest BCUT2D eigenvalue weighted by atomic mass is 10.1. The van der Waals surface area contributed by atoms with E-state index in [1.807, 2.05) is 18.2 Å². The molecule has 2 aliphatic rings. The molecule has 2 N–H and O–H groups in total. The van der Waals surface area contributed by atoms with Crippen LogP contribution in [0.25, 0.3) is 0 Å². The molecule has 1 amide bonds. The standard InChI is InChI=1S/C16H23N3O2/c1-11(19(2)13-4-5-13)8-17-9-12-3-6-15-14(7-12)18-16(20)10-21-15/h3,6-7,11,13,17H,4-5,8-10H2,1-2H3,(H,18,20). The average Bonchev–Trinajstić information content (AvgIpc) is 3.30. The normalized spacial score (nSPS) is 18.9. The fraction of sp³-hybridized carbons (Fsp3) is 0.562. The molecule has 0 spiro atoms. The minimum absolute atomic E-state index is 0.0905. The second kappa shape index (κ2) is 6.03. The number of hydrogen-bond donors (Lipinski definition) is 2. The second-order valence-electron chi connectivity index (χ2n) is 6.04. The summed E-state index contributed by atoms with van der Waals surface area (Å²) in [6.45, 7) is 4.13. The number of anilines is 1. The van der Waals surface area contributed by atoms with E-state index in [0.29, 0.717) is 6.04 Å². The lowest BCUT2D eigenvalue weighted by molar-refractivity contribution is -0.118. The number of ether oxygens (including phenoxy) is 1. The number of carbonyl (C=O) groups is 1. The molecule has 0 bridgehead atoms.